The van der Waals surface area contributed by atoms with E-state index in [0.717, 1.165) is 16.9 Å². The van der Waals surface area contributed by atoms with Crippen LogP contribution in [0.15, 0.2) is 55.1 Å². The monoisotopic (exact) mass is 369 g/mol. The number of rotatable bonds is 4. The highest BCUT2D eigenvalue weighted by Crippen LogP contribution is 2.23. The number of amides is 1. The van der Waals surface area contributed by atoms with Gasteiger partial charge in [-0.1, -0.05) is 23.7 Å². The quantitative estimate of drug-likeness (QED) is 0.595. The van der Waals surface area contributed by atoms with E-state index in [1.165, 1.54) is 11.3 Å². The summed E-state index contributed by atoms with van der Waals surface area (Å²) in [5.74, 6) is -0.223. The van der Waals surface area contributed by atoms with Gasteiger partial charge in [-0.15, -0.1) is 21.5 Å². The predicted octanol–water partition coefficient (Wildman–Crippen LogP) is 3.68. The van der Waals surface area contributed by atoms with Gasteiger partial charge in [-0.2, -0.15) is 0 Å². The molecule has 1 aromatic carbocycles. The number of fused-ring (bicyclic) bond motifs is 1. The summed E-state index contributed by atoms with van der Waals surface area (Å²) in [6.45, 7) is 0. The van der Waals surface area contributed by atoms with Crippen molar-refractivity contribution < 1.29 is 4.79 Å². The van der Waals surface area contributed by atoms with E-state index < -0.39 is 0 Å². The molecule has 0 atom stereocenters. The van der Waals surface area contributed by atoms with Crippen LogP contribution in [0.25, 0.3) is 5.65 Å². The molecule has 3 aromatic heterocycles. The van der Waals surface area contributed by atoms with Crippen molar-refractivity contribution in [3.63, 3.8) is 0 Å². The molecule has 4 rings (SSSR count). The largest absolute Gasteiger partial charge is 0.298 e. The van der Waals surface area contributed by atoms with Gasteiger partial charge in [0.25, 0.3) is 5.91 Å². The Balaban J connectivity index is 1.47. The molecule has 8 heteroatoms. The summed E-state index contributed by atoms with van der Waals surface area (Å²) in [5, 5.41) is 11.8. The molecule has 0 fully saturated rings. The minimum atomic E-state index is -0.223. The van der Waals surface area contributed by atoms with Gasteiger partial charge in [0.1, 0.15) is 6.33 Å². The van der Waals surface area contributed by atoms with E-state index in [-0.39, 0.29) is 5.91 Å². The number of aromatic nitrogens is 4. The van der Waals surface area contributed by atoms with Gasteiger partial charge in [0, 0.05) is 28.7 Å². The molecule has 124 valence electrons. The Labute approximate surface area is 152 Å². The summed E-state index contributed by atoms with van der Waals surface area (Å²) >= 11 is 7.45. The zero-order chi connectivity index (χ0) is 17.2. The minimum absolute atomic E-state index is 0.223. The highest BCUT2D eigenvalue weighted by atomic mass is 35.5. The second-order valence-corrected chi connectivity index (χ2v) is 6.96. The SMILES string of the molecule is O=C(Nc1ncc(Cc2cccc(Cl)c2)s1)c1ccc2nncn2c1. The number of carbonyl (C=O) groups excluding carboxylic acids is 1. The second-order valence-electron chi connectivity index (χ2n) is 5.41. The van der Waals surface area contributed by atoms with Gasteiger partial charge in [-0.3, -0.25) is 14.5 Å². The number of benzene rings is 1. The van der Waals surface area contributed by atoms with Crippen LogP contribution in [0, 0.1) is 0 Å². The first-order chi connectivity index (χ1) is 12.2. The molecule has 0 aliphatic rings. The maximum Gasteiger partial charge on any atom is 0.258 e. The number of thiazole rings is 1. The number of anilines is 1. The summed E-state index contributed by atoms with van der Waals surface area (Å²) in [5.41, 5.74) is 2.31. The molecule has 0 unspecified atom stereocenters. The first kappa shape index (κ1) is 15.7. The van der Waals surface area contributed by atoms with Gasteiger partial charge in [0.15, 0.2) is 10.8 Å². The zero-order valence-corrected chi connectivity index (χ0v) is 14.5. The Morgan fingerprint density at radius 2 is 2.20 bits per heavy atom. The van der Waals surface area contributed by atoms with Crippen LogP contribution in [0.1, 0.15) is 20.8 Å². The van der Waals surface area contributed by atoms with E-state index in [4.69, 9.17) is 11.6 Å². The van der Waals surface area contributed by atoms with Crippen LogP contribution in [0.4, 0.5) is 5.13 Å². The van der Waals surface area contributed by atoms with Gasteiger partial charge in [-0.05, 0) is 29.8 Å². The fourth-order valence-corrected chi connectivity index (χ4v) is 3.48. The third-order valence-corrected chi connectivity index (χ3v) is 4.74. The topological polar surface area (TPSA) is 72.2 Å². The molecule has 0 bridgehead atoms. The van der Waals surface area contributed by atoms with E-state index in [0.29, 0.717) is 21.4 Å². The fraction of sp³-hybridized carbons (Fsp3) is 0.0588. The van der Waals surface area contributed by atoms with Crippen LogP contribution < -0.4 is 5.32 Å². The van der Waals surface area contributed by atoms with Crippen LogP contribution >= 0.6 is 22.9 Å². The molecule has 3 heterocycles. The smallest absolute Gasteiger partial charge is 0.258 e. The molecule has 0 radical (unpaired) electrons. The summed E-state index contributed by atoms with van der Waals surface area (Å²) < 4.78 is 1.70. The summed E-state index contributed by atoms with van der Waals surface area (Å²) in [6, 6.07) is 11.2. The fourth-order valence-electron chi connectivity index (χ4n) is 2.43. The maximum atomic E-state index is 12.4. The highest BCUT2D eigenvalue weighted by Gasteiger charge is 2.11. The highest BCUT2D eigenvalue weighted by molar-refractivity contribution is 7.15. The zero-order valence-electron chi connectivity index (χ0n) is 12.9. The molecular weight excluding hydrogens is 358 g/mol. The van der Waals surface area contributed by atoms with Crippen LogP contribution in [0.5, 0.6) is 0 Å². The van der Waals surface area contributed by atoms with Crippen molar-refractivity contribution in [1.82, 2.24) is 19.6 Å². The van der Waals surface area contributed by atoms with Crippen molar-refractivity contribution in [2.75, 3.05) is 5.32 Å². The second kappa shape index (κ2) is 6.62. The summed E-state index contributed by atoms with van der Waals surface area (Å²) in [7, 11) is 0. The molecule has 1 N–H and O–H groups in total. The number of halogens is 1. The van der Waals surface area contributed by atoms with Gasteiger partial charge < -0.3 is 0 Å². The van der Waals surface area contributed by atoms with Gasteiger partial charge >= 0.3 is 0 Å². The van der Waals surface area contributed by atoms with E-state index in [2.05, 4.69) is 20.5 Å². The number of nitrogens with zero attached hydrogens (tertiary/aromatic N) is 4. The van der Waals surface area contributed by atoms with E-state index in [1.54, 1.807) is 35.3 Å². The predicted molar refractivity (Wildman–Crippen MR) is 97.3 cm³/mol. The molecule has 0 aliphatic heterocycles. The molecule has 0 aliphatic carbocycles. The lowest BCUT2D eigenvalue weighted by Gasteiger charge is -2.02. The van der Waals surface area contributed by atoms with Crippen molar-refractivity contribution in [3.05, 3.63) is 76.1 Å². The number of hydrogen-bond acceptors (Lipinski definition) is 5. The molecule has 1 amide bonds. The lowest BCUT2D eigenvalue weighted by molar-refractivity contribution is 0.102. The van der Waals surface area contributed by atoms with E-state index in [9.17, 15) is 4.79 Å². The van der Waals surface area contributed by atoms with Gasteiger partial charge in [0.2, 0.25) is 0 Å². The molecular formula is C17H12ClN5OS. The Hall–Kier alpha value is -2.77. The molecule has 6 nitrogen and oxygen atoms in total. The standard InChI is InChI=1S/C17H12ClN5OS/c18-13-3-1-2-11(6-13)7-14-8-19-17(25-14)21-16(24)12-4-5-15-22-20-10-23(15)9-12/h1-6,8-10H,7H2,(H,19,21,24). The van der Waals surface area contributed by atoms with Gasteiger partial charge in [0.05, 0.1) is 5.56 Å². The van der Waals surface area contributed by atoms with Crippen molar-refractivity contribution in [2.45, 2.75) is 6.42 Å². The lowest BCUT2D eigenvalue weighted by Crippen LogP contribution is -2.12. The molecule has 25 heavy (non-hydrogen) atoms. The van der Waals surface area contributed by atoms with Crippen molar-refractivity contribution >= 4 is 39.6 Å². The molecule has 0 saturated carbocycles. The first-order valence-electron chi connectivity index (χ1n) is 7.47. The third-order valence-electron chi connectivity index (χ3n) is 3.59. The van der Waals surface area contributed by atoms with Crippen LogP contribution in [-0.2, 0) is 6.42 Å². The number of hydrogen-bond donors (Lipinski definition) is 1. The average molecular weight is 370 g/mol. The van der Waals surface area contributed by atoms with Crippen LogP contribution in [0.2, 0.25) is 5.02 Å². The minimum Gasteiger partial charge on any atom is -0.298 e. The Morgan fingerprint density at radius 1 is 1.28 bits per heavy atom. The normalized spacial score (nSPS) is 10.9. The Morgan fingerprint density at radius 3 is 3.08 bits per heavy atom. The summed E-state index contributed by atoms with van der Waals surface area (Å²) in [6.07, 6.45) is 5.73. The van der Waals surface area contributed by atoms with Crippen LogP contribution in [0.3, 0.4) is 0 Å². The Kier molecular flexibility index (Phi) is 4.17. The number of nitrogens with one attached hydrogen (secondary N) is 1. The van der Waals surface area contributed by atoms with Crippen LogP contribution in [-0.4, -0.2) is 25.5 Å². The number of pyridine rings is 1. The Bertz CT molecular complexity index is 1060. The molecule has 0 saturated heterocycles. The van der Waals surface area contributed by atoms with Gasteiger partial charge in [-0.25, -0.2) is 4.98 Å². The van der Waals surface area contributed by atoms with Crippen molar-refractivity contribution in [1.29, 1.82) is 0 Å². The van der Waals surface area contributed by atoms with Crippen molar-refractivity contribution in [3.8, 4) is 0 Å². The average Bonchev–Trinajstić information content (AvgIpc) is 3.23. The molecule has 4 aromatic rings. The first-order valence-corrected chi connectivity index (χ1v) is 8.67. The third kappa shape index (κ3) is 3.52. The summed E-state index contributed by atoms with van der Waals surface area (Å²) in [4.78, 5) is 17.7. The van der Waals surface area contributed by atoms with Crippen molar-refractivity contribution in [2.24, 2.45) is 0 Å². The maximum absolute atomic E-state index is 12.4. The number of carbonyl (C=O) groups is 1. The van der Waals surface area contributed by atoms with E-state index in [1.807, 2.05) is 24.3 Å². The lowest BCUT2D eigenvalue weighted by atomic mass is 10.1. The molecule has 0 spiro atoms. The van der Waals surface area contributed by atoms with E-state index >= 15 is 0 Å².